The molecule has 2 atom stereocenters. The van der Waals surface area contributed by atoms with Gasteiger partial charge in [-0.25, -0.2) is 0 Å². The summed E-state index contributed by atoms with van der Waals surface area (Å²) in [6, 6.07) is 12.4. The maximum Gasteiger partial charge on any atom is 0.246 e. The Kier molecular flexibility index (Phi) is 7.05. The summed E-state index contributed by atoms with van der Waals surface area (Å²) in [5, 5.41) is 7.92. The van der Waals surface area contributed by atoms with Crippen LogP contribution in [0.5, 0.6) is 0 Å². The fourth-order valence-corrected chi connectivity index (χ4v) is 3.92. The lowest BCUT2D eigenvalue weighted by molar-refractivity contribution is -0.138. The molecule has 0 bridgehead atoms. The molecule has 1 saturated heterocycles. The van der Waals surface area contributed by atoms with E-state index in [4.69, 9.17) is 5.73 Å². The van der Waals surface area contributed by atoms with Gasteiger partial charge in [-0.1, -0.05) is 44.2 Å². The average molecular weight is 411 g/mol. The maximum atomic E-state index is 13.0. The number of benzene rings is 2. The number of nitrogens with two attached hydrogens (primary N) is 1. The van der Waals surface area contributed by atoms with Crippen LogP contribution in [0.2, 0.25) is 0 Å². The SMILES string of the molecule is CC(C)CC(NC(=O)C1CCCN1C(=O)CN)C(=O)Nc1ccc2ccccc2c1. The molecule has 30 heavy (non-hydrogen) atoms. The molecule has 7 heteroatoms. The first-order chi connectivity index (χ1) is 14.4. The number of fused-ring (bicyclic) bond motifs is 1. The predicted octanol–water partition coefficient (Wildman–Crippen LogP) is 2.26. The molecule has 2 aromatic carbocycles. The zero-order valence-corrected chi connectivity index (χ0v) is 17.6. The Morgan fingerprint density at radius 1 is 1.13 bits per heavy atom. The molecule has 0 aromatic heterocycles. The summed E-state index contributed by atoms with van der Waals surface area (Å²) in [7, 11) is 0. The molecule has 2 unspecified atom stereocenters. The minimum absolute atomic E-state index is 0.123. The molecule has 3 rings (SSSR count). The number of likely N-dealkylation sites (tertiary alicyclic amines) is 1. The Morgan fingerprint density at radius 3 is 2.57 bits per heavy atom. The third-order valence-corrected chi connectivity index (χ3v) is 5.41. The van der Waals surface area contributed by atoms with Gasteiger partial charge in [0.15, 0.2) is 0 Å². The number of hydrogen-bond donors (Lipinski definition) is 3. The lowest BCUT2D eigenvalue weighted by atomic mass is 10.0. The Hall–Kier alpha value is -2.93. The van der Waals surface area contributed by atoms with Crippen LogP contribution in [-0.4, -0.2) is 47.8 Å². The lowest BCUT2D eigenvalue weighted by Crippen LogP contribution is -2.53. The summed E-state index contributed by atoms with van der Waals surface area (Å²) in [4.78, 5) is 39.4. The van der Waals surface area contributed by atoms with E-state index in [-0.39, 0.29) is 30.2 Å². The third kappa shape index (κ3) is 5.16. The van der Waals surface area contributed by atoms with E-state index >= 15 is 0 Å². The highest BCUT2D eigenvalue weighted by molar-refractivity contribution is 6.00. The summed E-state index contributed by atoms with van der Waals surface area (Å²) < 4.78 is 0. The van der Waals surface area contributed by atoms with Crippen molar-refractivity contribution in [3.05, 3.63) is 42.5 Å². The first-order valence-electron chi connectivity index (χ1n) is 10.5. The second-order valence-corrected chi connectivity index (χ2v) is 8.19. The molecular formula is C23H30N4O3. The Labute approximate surface area is 177 Å². The summed E-state index contributed by atoms with van der Waals surface area (Å²) in [6.45, 7) is 4.40. The van der Waals surface area contributed by atoms with Crippen LogP contribution >= 0.6 is 0 Å². The number of carbonyl (C=O) groups excluding carboxylic acids is 3. The molecule has 1 aliphatic rings. The van der Waals surface area contributed by atoms with Gasteiger partial charge < -0.3 is 21.3 Å². The Morgan fingerprint density at radius 2 is 1.87 bits per heavy atom. The van der Waals surface area contributed by atoms with Crippen molar-refractivity contribution in [2.75, 3.05) is 18.4 Å². The highest BCUT2D eigenvalue weighted by Gasteiger charge is 2.35. The summed E-state index contributed by atoms with van der Waals surface area (Å²) in [5.74, 6) is -0.590. The quantitative estimate of drug-likeness (QED) is 0.651. The van der Waals surface area contributed by atoms with E-state index in [1.807, 2.05) is 56.3 Å². The van der Waals surface area contributed by atoms with Crippen molar-refractivity contribution in [3.8, 4) is 0 Å². The van der Waals surface area contributed by atoms with E-state index in [1.165, 1.54) is 4.90 Å². The van der Waals surface area contributed by atoms with Crippen LogP contribution in [0.15, 0.2) is 42.5 Å². The number of nitrogens with one attached hydrogen (secondary N) is 2. The lowest BCUT2D eigenvalue weighted by Gasteiger charge is -2.26. The first kappa shape index (κ1) is 21.8. The molecule has 0 spiro atoms. The maximum absolute atomic E-state index is 13.0. The van der Waals surface area contributed by atoms with Crippen LogP contribution in [0.4, 0.5) is 5.69 Å². The molecule has 1 fully saturated rings. The smallest absolute Gasteiger partial charge is 0.246 e. The van der Waals surface area contributed by atoms with Crippen molar-refractivity contribution < 1.29 is 14.4 Å². The summed E-state index contributed by atoms with van der Waals surface area (Å²) in [5.41, 5.74) is 6.15. The highest BCUT2D eigenvalue weighted by Crippen LogP contribution is 2.21. The van der Waals surface area contributed by atoms with Gasteiger partial charge in [0, 0.05) is 12.2 Å². The number of nitrogens with zero attached hydrogens (tertiary/aromatic N) is 1. The van der Waals surface area contributed by atoms with E-state index in [1.54, 1.807) is 0 Å². The average Bonchev–Trinajstić information content (AvgIpc) is 3.22. The Bertz CT molecular complexity index is 928. The number of hydrogen-bond acceptors (Lipinski definition) is 4. The topological polar surface area (TPSA) is 105 Å². The van der Waals surface area contributed by atoms with Gasteiger partial charge in [0.2, 0.25) is 17.7 Å². The monoisotopic (exact) mass is 410 g/mol. The second kappa shape index (κ2) is 9.71. The van der Waals surface area contributed by atoms with E-state index in [0.717, 1.165) is 17.2 Å². The number of rotatable bonds is 7. The van der Waals surface area contributed by atoms with Gasteiger partial charge in [-0.15, -0.1) is 0 Å². The van der Waals surface area contributed by atoms with Crippen molar-refractivity contribution in [1.82, 2.24) is 10.2 Å². The van der Waals surface area contributed by atoms with E-state index < -0.39 is 12.1 Å². The normalized spacial score (nSPS) is 17.2. The molecule has 160 valence electrons. The van der Waals surface area contributed by atoms with Gasteiger partial charge in [-0.05, 0) is 48.1 Å². The van der Waals surface area contributed by atoms with Crippen molar-refractivity contribution in [1.29, 1.82) is 0 Å². The number of anilines is 1. The Balaban J connectivity index is 1.71. The van der Waals surface area contributed by atoms with Crippen molar-refractivity contribution in [2.45, 2.75) is 45.2 Å². The largest absolute Gasteiger partial charge is 0.342 e. The molecular weight excluding hydrogens is 380 g/mol. The highest BCUT2D eigenvalue weighted by atomic mass is 16.2. The summed E-state index contributed by atoms with van der Waals surface area (Å²) in [6.07, 6.45) is 1.84. The molecule has 1 aliphatic heterocycles. The van der Waals surface area contributed by atoms with Crippen LogP contribution in [0.25, 0.3) is 10.8 Å². The van der Waals surface area contributed by atoms with Crippen LogP contribution in [0.1, 0.15) is 33.1 Å². The van der Waals surface area contributed by atoms with Crippen LogP contribution in [-0.2, 0) is 14.4 Å². The standard InChI is InChI=1S/C23H30N4O3/c1-15(2)12-19(26-23(30)20-8-5-11-27(20)21(28)14-24)22(29)25-18-10-9-16-6-3-4-7-17(16)13-18/h3-4,6-7,9-10,13,15,19-20H,5,8,11-12,14,24H2,1-2H3,(H,25,29)(H,26,30). The van der Waals surface area contributed by atoms with E-state index in [0.29, 0.717) is 25.1 Å². The minimum atomic E-state index is -0.681. The third-order valence-electron chi connectivity index (χ3n) is 5.41. The molecule has 0 saturated carbocycles. The van der Waals surface area contributed by atoms with Crippen molar-refractivity contribution in [2.24, 2.45) is 11.7 Å². The predicted molar refractivity (Wildman–Crippen MR) is 118 cm³/mol. The number of carbonyl (C=O) groups is 3. The second-order valence-electron chi connectivity index (χ2n) is 8.19. The molecule has 1 heterocycles. The minimum Gasteiger partial charge on any atom is -0.342 e. The van der Waals surface area contributed by atoms with Crippen LogP contribution in [0.3, 0.4) is 0 Å². The van der Waals surface area contributed by atoms with Crippen molar-refractivity contribution >= 4 is 34.2 Å². The zero-order chi connectivity index (χ0) is 21.7. The molecule has 0 radical (unpaired) electrons. The van der Waals surface area contributed by atoms with Gasteiger partial charge in [0.05, 0.1) is 6.54 Å². The van der Waals surface area contributed by atoms with Gasteiger partial charge >= 0.3 is 0 Å². The van der Waals surface area contributed by atoms with Crippen molar-refractivity contribution in [3.63, 3.8) is 0 Å². The van der Waals surface area contributed by atoms with E-state index in [2.05, 4.69) is 10.6 Å². The molecule has 7 nitrogen and oxygen atoms in total. The number of amides is 3. The van der Waals surface area contributed by atoms with Gasteiger partial charge in [0.1, 0.15) is 12.1 Å². The van der Waals surface area contributed by atoms with Crippen LogP contribution < -0.4 is 16.4 Å². The molecule has 3 amide bonds. The fraction of sp³-hybridized carbons (Fsp3) is 0.435. The zero-order valence-electron chi connectivity index (χ0n) is 17.6. The van der Waals surface area contributed by atoms with Gasteiger partial charge in [-0.2, -0.15) is 0 Å². The molecule has 4 N–H and O–H groups in total. The van der Waals surface area contributed by atoms with E-state index in [9.17, 15) is 14.4 Å². The summed E-state index contributed by atoms with van der Waals surface area (Å²) >= 11 is 0. The fourth-order valence-electron chi connectivity index (χ4n) is 3.92. The van der Waals surface area contributed by atoms with Gasteiger partial charge in [0.25, 0.3) is 0 Å². The van der Waals surface area contributed by atoms with Gasteiger partial charge in [-0.3, -0.25) is 14.4 Å². The first-order valence-corrected chi connectivity index (χ1v) is 10.5. The molecule has 0 aliphatic carbocycles. The molecule has 2 aromatic rings. The van der Waals surface area contributed by atoms with Crippen LogP contribution in [0, 0.1) is 5.92 Å².